The van der Waals surface area contributed by atoms with E-state index in [9.17, 15) is 0 Å². The zero-order valence-electron chi connectivity index (χ0n) is 17.0. The molecule has 2 aromatic carbocycles. The number of aryl methyl sites for hydroxylation is 1. The van der Waals surface area contributed by atoms with E-state index in [-0.39, 0.29) is 0 Å². The lowest BCUT2D eigenvalue weighted by molar-refractivity contribution is 0.561. The second-order valence-corrected chi connectivity index (χ2v) is 8.87. The summed E-state index contributed by atoms with van der Waals surface area (Å²) in [6.45, 7) is 10.5. The highest BCUT2D eigenvalue weighted by Gasteiger charge is 2.20. The largest absolute Gasteiger partial charge is 0.441 e. The first kappa shape index (κ1) is 19.0. The first-order valence-electron chi connectivity index (χ1n) is 9.90. The molecule has 0 bridgehead atoms. The molecule has 1 atom stereocenters. The molecule has 0 aliphatic carbocycles. The second-order valence-electron chi connectivity index (χ2n) is 7.74. The lowest BCUT2D eigenvalue weighted by Gasteiger charge is -2.34. The van der Waals surface area contributed by atoms with E-state index in [1.165, 1.54) is 16.3 Å². The minimum Gasteiger partial charge on any atom is -0.441 e. The van der Waals surface area contributed by atoms with Crippen molar-refractivity contribution in [1.82, 2.24) is 4.98 Å². The van der Waals surface area contributed by atoms with E-state index in [1.54, 1.807) is 0 Å². The van der Waals surface area contributed by atoms with Crippen LogP contribution in [0.1, 0.15) is 26.7 Å². The zero-order valence-corrected chi connectivity index (χ0v) is 17.8. The molecule has 2 heterocycles. The fourth-order valence-corrected chi connectivity index (χ4v) is 4.71. The van der Waals surface area contributed by atoms with Gasteiger partial charge in [0.15, 0.2) is 11.5 Å². The quantitative estimate of drug-likeness (QED) is 0.584. The summed E-state index contributed by atoms with van der Waals surface area (Å²) >= 11 is 1.95. The van der Waals surface area contributed by atoms with E-state index in [0.29, 0.717) is 18.0 Å². The minimum absolute atomic E-state index is 0.308. The van der Waals surface area contributed by atoms with Gasteiger partial charge in [0.25, 0.3) is 0 Å². The summed E-state index contributed by atoms with van der Waals surface area (Å²) in [5, 5.41) is 7.14. The molecule has 0 radical (unpaired) electrons. The molecule has 4 rings (SSSR count). The Morgan fingerprint density at radius 1 is 1.11 bits per heavy atom. The van der Waals surface area contributed by atoms with Gasteiger partial charge in [0.2, 0.25) is 0 Å². The molecule has 0 spiro atoms. The third kappa shape index (κ3) is 4.22. The van der Waals surface area contributed by atoms with E-state index in [0.717, 1.165) is 35.6 Å². The molecular formula is C22H28N4OS. The average Bonchev–Trinajstić information content (AvgIpc) is 3.01. The first-order valence-corrected chi connectivity index (χ1v) is 10.9. The number of fused-ring (bicyclic) bond motifs is 2. The third-order valence-corrected chi connectivity index (χ3v) is 5.82. The normalized spacial score (nSPS) is 15.0. The van der Waals surface area contributed by atoms with Crippen LogP contribution in [0.2, 0.25) is 0 Å². The van der Waals surface area contributed by atoms with Gasteiger partial charge < -0.3 is 20.0 Å². The van der Waals surface area contributed by atoms with Crippen molar-refractivity contribution in [2.24, 2.45) is 0 Å². The Morgan fingerprint density at radius 3 is 2.71 bits per heavy atom. The number of thioether (sulfide) groups is 1. The van der Waals surface area contributed by atoms with Crippen LogP contribution in [0.5, 0.6) is 0 Å². The van der Waals surface area contributed by atoms with Crippen LogP contribution in [0.15, 0.2) is 45.7 Å². The van der Waals surface area contributed by atoms with Gasteiger partial charge in [0, 0.05) is 54.1 Å². The topological polar surface area (TPSA) is 53.3 Å². The van der Waals surface area contributed by atoms with Gasteiger partial charge in [-0.1, -0.05) is 0 Å². The fraction of sp³-hybridized carbons (Fsp3) is 0.409. The third-order valence-electron chi connectivity index (χ3n) is 4.78. The highest BCUT2D eigenvalue weighted by Crippen LogP contribution is 2.37. The molecule has 2 N–H and O–H groups in total. The van der Waals surface area contributed by atoms with E-state index in [2.05, 4.69) is 71.6 Å². The van der Waals surface area contributed by atoms with Gasteiger partial charge in [-0.2, -0.15) is 0 Å². The summed E-state index contributed by atoms with van der Waals surface area (Å²) in [7, 11) is 0. The Kier molecular flexibility index (Phi) is 5.40. The van der Waals surface area contributed by atoms with E-state index >= 15 is 0 Å². The molecule has 3 aromatic rings. The summed E-state index contributed by atoms with van der Waals surface area (Å²) < 4.78 is 5.57. The number of nitrogens with zero attached hydrogens (tertiary/aromatic N) is 2. The van der Waals surface area contributed by atoms with Crippen LogP contribution in [-0.4, -0.2) is 35.9 Å². The Balaban J connectivity index is 1.47. The fourth-order valence-electron chi connectivity index (χ4n) is 3.68. The number of nitrogens with one attached hydrogen (secondary N) is 2. The van der Waals surface area contributed by atoms with Gasteiger partial charge in [0.05, 0.1) is 5.69 Å². The van der Waals surface area contributed by atoms with Crippen molar-refractivity contribution in [2.75, 3.05) is 34.4 Å². The van der Waals surface area contributed by atoms with Crippen molar-refractivity contribution < 1.29 is 4.42 Å². The Bertz CT molecular complexity index is 968. The van der Waals surface area contributed by atoms with E-state index < -0.39 is 0 Å². The maximum atomic E-state index is 5.57. The average molecular weight is 397 g/mol. The number of rotatable bonds is 6. The standard InChI is InChI=1S/C22H28N4OS/c1-14(2)23-18-6-8-22-20(12-18)26(9-10-28-22)13-15(3)24-17-5-7-21-19(11-17)25-16(4)27-21/h5-8,11-12,14-15,23-24H,9-10,13H2,1-4H3. The van der Waals surface area contributed by atoms with Crippen LogP contribution >= 0.6 is 11.8 Å². The highest BCUT2D eigenvalue weighted by molar-refractivity contribution is 7.99. The van der Waals surface area contributed by atoms with E-state index in [4.69, 9.17) is 4.42 Å². The number of benzene rings is 2. The van der Waals surface area contributed by atoms with Crippen molar-refractivity contribution in [1.29, 1.82) is 0 Å². The van der Waals surface area contributed by atoms with Crippen molar-refractivity contribution in [3.8, 4) is 0 Å². The van der Waals surface area contributed by atoms with Crippen LogP contribution in [0, 0.1) is 6.92 Å². The number of anilines is 3. The maximum absolute atomic E-state index is 5.57. The van der Waals surface area contributed by atoms with Crippen LogP contribution in [0.4, 0.5) is 17.1 Å². The van der Waals surface area contributed by atoms with Crippen LogP contribution in [-0.2, 0) is 0 Å². The van der Waals surface area contributed by atoms with Gasteiger partial charge >= 0.3 is 0 Å². The summed E-state index contributed by atoms with van der Waals surface area (Å²) in [6, 6.07) is 13.6. The van der Waals surface area contributed by atoms with Gasteiger partial charge in [-0.15, -0.1) is 11.8 Å². The van der Waals surface area contributed by atoms with Crippen LogP contribution < -0.4 is 15.5 Å². The van der Waals surface area contributed by atoms with Crippen molar-refractivity contribution in [3.63, 3.8) is 0 Å². The molecule has 1 aliphatic heterocycles. The molecule has 0 saturated carbocycles. The minimum atomic E-state index is 0.308. The summed E-state index contributed by atoms with van der Waals surface area (Å²) in [5.74, 6) is 1.83. The van der Waals surface area contributed by atoms with Crippen molar-refractivity contribution in [3.05, 3.63) is 42.3 Å². The zero-order chi connectivity index (χ0) is 19.7. The number of aromatic nitrogens is 1. The second kappa shape index (κ2) is 7.95. The molecule has 28 heavy (non-hydrogen) atoms. The highest BCUT2D eigenvalue weighted by atomic mass is 32.2. The Hall–Kier alpha value is -2.34. The monoisotopic (exact) mass is 396 g/mol. The molecule has 1 unspecified atom stereocenters. The molecule has 1 aromatic heterocycles. The molecular weight excluding hydrogens is 368 g/mol. The molecule has 6 heteroatoms. The first-order chi connectivity index (χ1) is 13.5. The van der Waals surface area contributed by atoms with E-state index in [1.807, 2.05) is 24.8 Å². The molecule has 0 fully saturated rings. The summed E-state index contributed by atoms with van der Waals surface area (Å²) in [4.78, 5) is 8.29. The SMILES string of the molecule is Cc1nc2cc(NC(C)CN3CCSc4ccc(NC(C)C)cc43)ccc2o1. The van der Waals surface area contributed by atoms with Crippen LogP contribution in [0.25, 0.3) is 11.1 Å². The Morgan fingerprint density at radius 2 is 1.89 bits per heavy atom. The lowest BCUT2D eigenvalue weighted by Crippen LogP contribution is -2.38. The number of oxazole rings is 1. The lowest BCUT2D eigenvalue weighted by atomic mass is 10.2. The predicted octanol–water partition coefficient (Wildman–Crippen LogP) is 5.37. The number of hydrogen-bond donors (Lipinski definition) is 2. The van der Waals surface area contributed by atoms with Gasteiger partial charge in [-0.05, 0) is 57.2 Å². The van der Waals surface area contributed by atoms with Crippen molar-refractivity contribution in [2.45, 2.75) is 44.7 Å². The number of hydrogen-bond acceptors (Lipinski definition) is 6. The maximum Gasteiger partial charge on any atom is 0.192 e. The molecule has 148 valence electrons. The summed E-state index contributed by atoms with van der Waals surface area (Å²) in [5.41, 5.74) is 5.34. The van der Waals surface area contributed by atoms with Crippen LogP contribution in [0.3, 0.4) is 0 Å². The van der Waals surface area contributed by atoms with Crippen molar-refractivity contribution >= 4 is 39.9 Å². The van der Waals surface area contributed by atoms with Gasteiger partial charge in [0.1, 0.15) is 5.52 Å². The molecule has 5 nitrogen and oxygen atoms in total. The molecule has 1 aliphatic rings. The van der Waals surface area contributed by atoms with Gasteiger partial charge in [-0.25, -0.2) is 4.98 Å². The smallest absolute Gasteiger partial charge is 0.192 e. The van der Waals surface area contributed by atoms with Gasteiger partial charge in [-0.3, -0.25) is 0 Å². The molecule has 0 amide bonds. The Labute approximate surface area is 170 Å². The molecule has 0 saturated heterocycles. The summed E-state index contributed by atoms with van der Waals surface area (Å²) in [6.07, 6.45) is 0. The predicted molar refractivity (Wildman–Crippen MR) is 120 cm³/mol.